The molecular formula is C17H22ClN3O5S. The lowest BCUT2D eigenvalue weighted by atomic mass is 10.1. The molecule has 0 aromatic heterocycles. The molecule has 0 spiro atoms. The Labute approximate surface area is 163 Å². The predicted octanol–water partition coefficient (Wildman–Crippen LogP) is 0.715. The van der Waals surface area contributed by atoms with Gasteiger partial charge >= 0.3 is 0 Å². The zero-order valence-corrected chi connectivity index (χ0v) is 16.6. The summed E-state index contributed by atoms with van der Waals surface area (Å²) in [5.41, 5.74) is 0.397. The highest BCUT2D eigenvalue weighted by atomic mass is 35.5. The van der Waals surface area contributed by atoms with E-state index in [1.54, 1.807) is 12.1 Å². The van der Waals surface area contributed by atoms with Gasteiger partial charge in [0, 0.05) is 31.7 Å². The molecule has 148 valence electrons. The Bertz CT molecular complexity index is 837. The second-order valence-electron chi connectivity index (χ2n) is 6.70. The fourth-order valence-electron chi connectivity index (χ4n) is 3.19. The molecule has 0 bridgehead atoms. The highest BCUT2D eigenvalue weighted by Gasteiger charge is 2.27. The predicted molar refractivity (Wildman–Crippen MR) is 100 cm³/mol. The van der Waals surface area contributed by atoms with Crippen molar-refractivity contribution in [3.63, 3.8) is 0 Å². The molecule has 0 unspecified atom stereocenters. The number of nitrogens with one attached hydrogen (secondary N) is 1. The number of nitrogens with zero attached hydrogens (tertiary/aromatic N) is 2. The molecule has 2 aliphatic heterocycles. The van der Waals surface area contributed by atoms with E-state index in [2.05, 4.69) is 5.32 Å². The second kappa shape index (κ2) is 8.04. The molecule has 27 heavy (non-hydrogen) atoms. The average molecular weight is 416 g/mol. The molecule has 2 fully saturated rings. The monoisotopic (exact) mass is 415 g/mol. The van der Waals surface area contributed by atoms with Crippen molar-refractivity contribution in [2.24, 2.45) is 0 Å². The van der Waals surface area contributed by atoms with Crippen LogP contribution in [0, 0.1) is 0 Å². The summed E-state index contributed by atoms with van der Waals surface area (Å²) in [5.74, 6) is 0.0308. The van der Waals surface area contributed by atoms with Crippen LogP contribution >= 0.6 is 11.6 Å². The number of hydrogen-bond acceptors (Lipinski definition) is 5. The smallest absolute Gasteiger partial charge is 0.254 e. The van der Waals surface area contributed by atoms with Crippen LogP contribution in [-0.4, -0.2) is 74.5 Å². The van der Waals surface area contributed by atoms with Crippen molar-refractivity contribution in [2.45, 2.75) is 18.9 Å². The maximum atomic E-state index is 12.5. The van der Waals surface area contributed by atoms with E-state index in [4.69, 9.17) is 16.3 Å². The Balaban J connectivity index is 1.62. The van der Waals surface area contributed by atoms with Gasteiger partial charge in [0.1, 0.15) is 11.9 Å². The highest BCUT2D eigenvalue weighted by molar-refractivity contribution is 7.88. The second-order valence-corrected chi connectivity index (χ2v) is 9.09. The maximum Gasteiger partial charge on any atom is 0.254 e. The Morgan fingerprint density at radius 1 is 1.26 bits per heavy atom. The minimum atomic E-state index is -3.18. The van der Waals surface area contributed by atoms with Crippen molar-refractivity contribution < 1.29 is 22.7 Å². The molecule has 0 saturated carbocycles. The third-order valence-corrected chi connectivity index (χ3v) is 6.27. The number of piperazine rings is 1. The van der Waals surface area contributed by atoms with Gasteiger partial charge in [-0.25, -0.2) is 12.7 Å². The molecule has 1 aromatic rings. The molecule has 0 atom stereocenters. The van der Waals surface area contributed by atoms with Gasteiger partial charge in [-0.05, 0) is 31.0 Å². The number of piperidine rings is 1. The number of hydrogen-bond donors (Lipinski definition) is 1. The van der Waals surface area contributed by atoms with Crippen molar-refractivity contribution in [2.75, 3.05) is 39.0 Å². The van der Waals surface area contributed by atoms with Gasteiger partial charge in [0.05, 0.1) is 17.8 Å². The molecule has 2 heterocycles. The SMILES string of the molecule is CS(=O)(=O)N1CCC(Oc2ccc(C(=O)N3CCNC(=O)C3)cc2Cl)CC1. The summed E-state index contributed by atoms with van der Waals surface area (Å²) in [5, 5.41) is 2.99. The molecule has 10 heteroatoms. The van der Waals surface area contributed by atoms with Crippen LogP contribution in [-0.2, 0) is 14.8 Å². The summed E-state index contributed by atoms with van der Waals surface area (Å²) in [6.07, 6.45) is 2.22. The quantitative estimate of drug-likeness (QED) is 0.781. The topological polar surface area (TPSA) is 96.0 Å². The number of amides is 2. The van der Waals surface area contributed by atoms with Gasteiger partial charge < -0.3 is 15.0 Å². The van der Waals surface area contributed by atoms with Crippen LogP contribution in [0.3, 0.4) is 0 Å². The number of ether oxygens (including phenoxy) is 1. The molecule has 2 saturated heterocycles. The van der Waals surface area contributed by atoms with Crippen LogP contribution in [0.2, 0.25) is 5.02 Å². The van der Waals surface area contributed by atoms with Gasteiger partial charge in [-0.1, -0.05) is 11.6 Å². The number of halogens is 1. The first kappa shape index (κ1) is 19.9. The zero-order valence-electron chi connectivity index (χ0n) is 15.0. The van der Waals surface area contributed by atoms with Crippen molar-refractivity contribution in [1.82, 2.24) is 14.5 Å². The summed E-state index contributed by atoms with van der Waals surface area (Å²) >= 11 is 6.28. The van der Waals surface area contributed by atoms with Gasteiger partial charge in [0.25, 0.3) is 5.91 Å². The third-order valence-electron chi connectivity index (χ3n) is 4.67. The molecule has 2 aliphatic rings. The number of benzene rings is 1. The first-order valence-corrected chi connectivity index (χ1v) is 10.9. The van der Waals surface area contributed by atoms with Crippen LogP contribution in [0.25, 0.3) is 0 Å². The van der Waals surface area contributed by atoms with Gasteiger partial charge in [-0.2, -0.15) is 0 Å². The van der Waals surface area contributed by atoms with E-state index in [9.17, 15) is 18.0 Å². The van der Waals surface area contributed by atoms with E-state index in [1.807, 2.05) is 0 Å². The fraction of sp³-hybridized carbons (Fsp3) is 0.529. The van der Waals surface area contributed by atoms with E-state index in [1.165, 1.54) is 21.5 Å². The molecule has 0 aliphatic carbocycles. The van der Waals surface area contributed by atoms with E-state index < -0.39 is 10.0 Å². The van der Waals surface area contributed by atoms with E-state index >= 15 is 0 Å². The van der Waals surface area contributed by atoms with Crippen LogP contribution in [0.15, 0.2) is 18.2 Å². The lowest BCUT2D eigenvalue weighted by Gasteiger charge is -2.30. The maximum absolute atomic E-state index is 12.5. The van der Waals surface area contributed by atoms with Crippen LogP contribution < -0.4 is 10.1 Å². The molecular weight excluding hydrogens is 394 g/mol. The average Bonchev–Trinajstić information content (AvgIpc) is 2.62. The standard InChI is InChI=1S/C17H22ClN3O5S/c1-27(24,25)21-7-4-13(5-8-21)26-15-3-2-12(10-14(15)18)17(23)20-9-6-19-16(22)11-20/h2-3,10,13H,4-9,11H2,1H3,(H,19,22). The van der Waals surface area contributed by atoms with Gasteiger partial charge in [0.15, 0.2) is 0 Å². The molecule has 1 aromatic carbocycles. The van der Waals surface area contributed by atoms with Crippen LogP contribution in [0.4, 0.5) is 0 Å². The zero-order chi connectivity index (χ0) is 19.6. The number of rotatable bonds is 4. The van der Waals surface area contributed by atoms with Gasteiger partial charge in [0.2, 0.25) is 15.9 Å². The molecule has 0 radical (unpaired) electrons. The van der Waals surface area contributed by atoms with Crippen molar-refractivity contribution in [1.29, 1.82) is 0 Å². The van der Waals surface area contributed by atoms with Crippen LogP contribution in [0.1, 0.15) is 23.2 Å². The third kappa shape index (κ3) is 4.91. The van der Waals surface area contributed by atoms with Gasteiger partial charge in [-0.15, -0.1) is 0 Å². The van der Waals surface area contributed by atoms with E-state index in [-0.39, 0.29) is 24.5 Å². The fourth-order valence-corrected chi connectivity index (χ4v) is 4.28. The summed E-state index contributed by atoms with van der Waals surface area (Å²) in [4.78, 5) is 25.4. The van der Waals surface area contributed by atoms with Crippen molar-refractivity contribution in [3.8, 4) is 5.75 Å². The summed E-state index contributed by atoms with van der Waals surface area (Å²) in [6.45, 7) is 1.75. The van der Waals surface area contributed by atoms with Gasteiger partial charge in [-0.3, -0.25) is 9.59 Å². The molecule has 8 nitrogen and oxygen atoms in total. The van der Waals surface area contributed by atoms with Crippen LogP contribution in [0.5, 0.6) is 5.75 Å². The van der Waals surface area contributed by atoms with Crippen molar-refractivity contribution in [3.05, 3.63) is 28.8 Å². The molecule has 1 N–H and O–H groups in total. The normalized spacial score (nSPS) is 19.6. The lowest BCUT2D eigenvalue weighted by molar-refractivity contribution is -0.123. The Morgan fingerprint density at radius 2 is 1.96 bits per heavy atom. The molecule has 2 amide bonds. The Hall–Kier alpha value is -1.84. The van der Waals surface area contributed by atoms with E-state index in [0.29, 0.717) is 55.4 Å². The summed E-state index contributed by atoms with van der Waals surface area (Å²) < 4.78 is 30.5. The first-order valence-electron chi connectivity index (χ1n) is 8.71. The lowest BCUT2D eigenvalue weighted by Crippen LogP contribution is -2.49. The minimum Gasteiger partial charge on any atom is -0.489 e. The Kier molecular flexibility index (Phi) is 5.92. The largest absolute Gasteiger partial charge is 0.489 e. The highest BCUT2D eigenvalue weighted by Crippen LogP contribution is 2.29. The summed E-state index contributed by atoms with van der Waals surface area (Å²) in [6, 6.07) is 4.81. The summed E-state index contributed by atoms with van der Waals surface area (Å²) in [7, 11) is -3.18. The van der Waals surface area contributed by atoms with E-state index in [0.717, 1.165) is 0 Å². The number of carbonyl (C=O) groups is 2. The molecule has 3 rings (SSSR count). The number of sulfonamides is 1. The Morgan fingerprint density at radius 3 is 2.56 bits per heavy atom. The minimum absolute atomic E-state index is 0.0353. The number of carbonyl (C=O) groups excluding carboxylic acids is 2. The first-order chi connectivity index (χ1) is 12.7. The van der Waals surface area contributed by atoms with Crippen molar-refractivity contribution >= 4 is 33.4 Å².